The van der Waals surface area contributed by atoms with Crippen molar-refractivity contribution in [3.8, 4) is 0 Å². The third-order valence-electron chi connectivity index (χ3n) is 3.40. The lowest BCUT2D eigenvalue weighted by Crippen LogP contribution is -2.26. The normalized spacial score (nSPS) is 10.4. The second kappa shape index (κ2) is 8.27. The maximum atomic E-state index is 13.2. The number of nitrogens with zero attached hydrogens (tertiary/aromatic N) is 2. The highest BCUT2D eigenvalue weighted by Crippen LogP contribution is 2.16. The number of benzene rings is 1. The van der Waals surface area contributed by atoms with Crippen LogP contribution in [0.3, 0.4) is 0 Å². The van der Waals surface area contributed by atoms with Crippen LogP contribution in [0.25, 0.3) is 0 Å². The van der Waals surface area contributed by atoms with E-state index in [9.17, 15) is 9.18 Å². The molecule has 0 unspecified atom stereocenters. The molecule has 0 atom stereocenters. The summed E-state index contributed by atoms with van der Waals surface area (Å²) in [5.74, 6) is 0.142. The molecule has 2 rings (SSSR count). The summed E-state index contributed by atoms with van der Waals surface area (Å²) in [5.41, 5.74) is 0.948. The number of nitrogens with one attached hydrogen (secondary N) is 1. The average Bonchev–Trinajstić information content (AvgIpc) is 2.55. The van der Waals surface area contributed by atoms with E-state index >= 15 is 0 Å². The van der Waals surface area contributed by atoms with E-state index in [2.05, 4.69) is 29.0 Å². The van der Waals surface area contributed by atoms with Crippen LogP contribution < -0.4 is 10.2 Å². The molecule has 1 amide bonds. The Morgan fingerprint density at radius 2 is 1.91 bits per heavy atom. The molecule has 1 heterocycles. The Kier molecular flexibility index (Phi) is 6.09. The number of carbonyl (C=O) groups is 1. The zero-order chi connectivity index (χ0) is 16.7. The van der Waals surface area contributed by atoms with Gasteiger partial charge in [-0.1, -0.05) is 19.9 Å². The number of amides is 1. The molecule has 23 heavy (non-hydrogen) atoms. The summed E-state index contributed by atoms with van der Waals surface area (Å²) >= 11 is 0. The first-order chi connectivity index (χ1) is 11.1. The lowest BCUT2D eigenvalue weighted by molar-refractivity contribution is 0.102. The van der Waals surface area contributed by atoms with Crippen LogP contribution >= 0.6 is 0 Å². The highest BCUT2D eigenvalue weighted by Gasteiger charge is 2.11. The Bertz CT molecular complexity index is 654. The topological polar surface area (TPSA) is 45.2 Å². The first-order valence-corrected chi connectivity index (χ1v) is 7.92. The average molecular weight is 315 g/mol. The second-order valence-electron chi connectivity index (χ2n) is 5.35. The lowest BCUT2D eigenvalue weighted by Gasteiger charge is -2.22. The Morgan fingerprint density at radius 1 is 1.17 bits per heavy atom. The van der Waals surface area contributed by atoms with Crippen molar-refractivity contribution in [2.75, 3.05) is 23.3 Å². The monoisotopic (exact) mass is 315 g/mol. The van der Waals surface area contributed by atoms with E-state index in [1.807, 2.05) is 0 Å². The number of aromatic nitrogens is 1. The molecule has 1 N–H and O–H groups in total. The van der Waals surface area contributed by atoms with Crippen LogP contribution in [-0.2, 0) is 0 Å². The number of hydrogen-bond donors (Lipinski definition) is 1. The molecule has 2 aromatic rings. The molecule has 0 fully saturated rings. The molecule has 1 aromatic heterocycles. The Balaban J connectivity index is 2.16. The summed E-state index contributed by atoms with van der Waals surface area (Å²) in [6, 6.07) is 9.29. The number of hydrogen-bond acceptors (Lipinski definition) is 3. The van der Waals surface area contributed by atoms with E-state index < -0.39 is 0 Å². The van der Waals surface area contributed by atoms with Gasteiger partial charge in [0, 0.05) is 30.5 Å². The van der Waals surface area contributed by atoms with Gasteiger partial charge in [0.1, 0.15) is 11.6 Å². The van der Waals surface area contributed by atoms with Gasteiger partial charge in [0.05, 0.1) is 0 Å². The predicted molar refractivity (Wildman–Crippen MR) is 91.4 cm³/mol. The molecule has 0 spiro atoms. The van der Waals surface area contributed by atoms with Crippen LogP contribution in [0.2, 0.25) is 0 Å². The zero-order valence-corrected chi connectivity index (χ0v) is 13.6. The summed E-state index contributed by atoms with van der Waals surface area (Å²) in [6.07, 6.45) is 3.66. The van der Waals surface area contributed by atoms with E-state index in [-0.39, 0.29) is 11.7 Å². The number of anilines is 2. The summed E-state index contributed by atoms with van der Waals surface area (Å²) in [4.78, 5) is 18.9. The quantitative estimate of drug-likeness (QED) is 0.836. The fourth-order valence-electron chi connectivity index (χ4n) is 2.38. The van der Waals surface area contributed by atoms with Crippen molar-refractivity contribution < 1.29 is 9.18 Å². The van der Waals surface area contributed by atoms with Crippen LogP contribution in [0, 0.1) is 5.82 Å². The van der Waals surface area contributed by atoms with Gasteiger partial charge in [-0.15, -0.1) is 0 Å². The van der Waals surface area contributed by atoms with Gasteiger partial charge in [-0.3, -0.25) is 4.79 Å². The molecular weight excluding hydrogens is 293 g/mol. The van der Waals surface area contributed by atoms with E-state index in [0.29, 0.717) is 11.3 Å². The summed E-state index contributed by atoms with van der Waals surface area (Å²) in [5, 5.41) is 2.70. The van der Waals surface area contributed by atoms with E-state index in [1.54, 1.807) is 30.5 Å². The van der Waals surface area contributed by atoms with Crippen molar-refractivity contribution in [2.45, 2.75) is 26.7 Å². The van der Waals surface area contributed by atoms with Gasteiger partial charge in [0.15, 0.2) is 0 Å². The fourth-order valence-corrected chi connectivity index (χ4v) is 2.38. The maximum Gasteiger partial charge on any atom is 0.255 e. The Morgan fingerprint density at radius 3 is 2.57 bits per heavy atom. The largest absolute Gasteiger partial charge is 0.357 e. The number of halogens is 1. The summed E-state index contributed by atoms with van der Waals surface area (Å²) in [7, 11) is 0. The molecule has 0 aliphatic rings. The van der Waals surface area contributed by atoms with Crippen LogP contribution in [0.1, 0.15) is 37.0 Å². The molecule has 5 heteroatoms. The molecule has 0 radical (unpaired) electrons. The number of pyridine rings is 1. The Labute approximate surface area is 136 Å². The SMILES string of the molecule is CCCN(CCC)c1cc(C(=O)Nc2cccc(F)c2)ccn1. The van der Waals surface area contributed by atoms with Crippen molar-refractivity contribution in [3.63, 3.8) is 0 Å². The number of rotatable bonds is 7. The summed E-state index contributed by atoms with van der Waals surface area (Å²) < 4.78 is 13.2. The predicted octanol–water partition coefficient (Wildman–Crippen LogP) is 4.10. The molecule has 1 aromatic carbocycles. The first-order valence-electron chi connectivity index (χ1n) is 7.92. The highest BCUT2D eigenvalue weighted by molar-refractivity contribution is 6.04. The maximum absolute atomic E-state index is 13.2. The Hall–Kier alpha value is -2.43. The summed E-state index contributed by atoms with van der Waals surface area (Å²) in [6.45, 7) is 6.03. The van der Waals surface area contributed by atoms with Gasteiger partial charge >= 0.3 is 0 Å². The van der Waals surface area contributed by atoms with Crippen LogP contribution in [0.5, 0.6) is 0 Å². The van der Waals surface area contributed by atoms with Gasteiger partial charge < -0.3 is 10.2 Å². The molecule has 0 aliphatic heterocycles. The highest BCUT2D eigenvalue weighted by atomic mass is 19.1. The fraction of sp³-hybridized carbons (Fsp3) is 0.333. The minimum atomic E-state index is -0.379. The molecule has 0 saturated carbocycles. The van der Waals surface area contributed by atoms with Crippen molar-refractivity contribution in [1.82, 2.24) is 4.98 Å². The lowest BCUT2D eigenvalue weighted by atomic mass is 10.2. The van der Waals surface area contributed by atoms with Crippen molar-refractivity contribution in [3.05, 3.63) is 54.0 Å². The van der Waals surface area contributed by atoms with Crippen LogP contribution in [-0.4, -0.2) is 24.0 Å². The molecular formula is C18H22FN3O. The molecule has 122 valence electrons. The molecule has 4 nitrogen and oxygen atoms in total. The first kappa shape index (κ1) is 16.9. The van der Waals surface area contributed by atoms with Crippen molar-refractivity contribution in [1.29, 1.82) is 0 Å². The van der Waals surface area contributed by atoms with Gasteiger partial charge in [-0.2, -0.15) is 0 Å². The standard InChI is InChI=1S/C18H22FN3O/c1-3-10-22(11-4-2)17-12-14(8-9-20-17)18(23)21-16-7-5-6-15(19)13-16/h5-9,12-13H,3-4,10-11H2,1-2H3,(H,21,23). The third kappa shape index (κ3) is 4.77. The van der Waals surface area contributed by atoms with Gasteiger partial charge in [-0.25, -0.2) is 9.37 Å². The van der Waals surface area contributed by atoms with Gasteiger partial charge in [-0.05, 0) is 43.2 Å². The van der Waals surface area contributed by atoms with Gasteiger partial charge in [0.25, 0.3) is 5.91 Å². The minimum absolute atomic E-state index is 0.271. The smallest absolute Gasteiger partial charge is 0.255 e. The van der Waals surface area contributed by atoms with Gasteiger partial charge in [0.2, 0.25) is 0 Å². The molecule has 0 saturated heterocycles. The van der Waals surface area contributed by atoms with E-state index in [4.69, 9.17) is 0 Å². The molecule has 0 aliphatic carbocycles. The van der Waals surface area contributed by atoms with E-state index in [1.165, 1.54) is 12.1 Å². The minimum Gasteiger partial charge on any atom is -0.357 e. The molecule has 0 bridgehead atoms. The van der Waals surface area contributed by atoms with Crippen molar-refractivity contribution in [2.24, 2.45) is 0 Å². The number of carbonyl (C=O) groups excluding carboxylic acids is 1. The van der Waals surface area contributed by atoms with Crippen molar-refractivity contribution >= 4 is 17.4 Å². The zero-order valence-electron chi connectivity index (χ0n) is 13.6. The second-order valence-corrected chi connectivity index (χ2v) is 5.35. The van der Waals surface area contributed by atoms with Crippen LogP contribution in [0.4, 0.5) is 15.9 Å². The third-order valence-corrected chi connectivity index (χ3v) is 3.40. The van der Waals surface area contributed by atoms with E-state index in [0.717, 1.165) is 31.7 Å². The van der Waals surface area contributed by atoms with Crippen LogP contribution in [0.15, 0.2) is 42.6 Å².